The Bertz CT molecular complexity index is 615. The van der Waals surface area contributed by atoms with Crippen molar-refractivity contribution in [2.24, 2.45) is 0 Å². The summed E-state index contributed by atoms with van der Waals surface area (Å²) in [6.07, 6.45) is 2.13. The maximum absolute atomic E-state index is 5.92. The van der Waals surface area contributed by atoms with E-state index in [-0.39, 0.29) is 0 Å². The van der Waals surface area contributed by atoms with Crippen molar-refractivity contribution in [1.29, 1.82) is 0 Å². The zero-order chi connectivity index (χ0) is 17.9. The number of ether oxygens (including phenoxy) is 2. The van der Waals surface area contributed by atoms with Crippen LogP contribution >= 0.6 is 0 Å². The molecule has 4 nitrogen and oxygen atoms in total. The molecule has 2 aromatic carbocycles. The van der Waals surface area contributed by atoms with Gasteiger partial charge in [0.15, 0.2) is 11.5 Å². The van der Waals surface area contributed by atoms with E-state index in [1.165, 1.54) is 29.0 Å². The van der Waals surface area contributed by atoms with Gasteiger partial charge in [-0.05, 0) is 23.8 Å². The standard InChI is InChI=1S/C21H30N2O2/c1-23(2)14-7-13-22-17-19-10-11-20(21(16-19)24-3)25-15-12-18-8-5-4-6-9-18/h4-6,8-11,16,22H,7,12-15,17H2,1-3H3/p+2. The van der Waals surface area contributed by atoms with Gasteiger partial charge in [0.25, 0.3) is 0 Å². The van der Waals surface area contributed by atoms with Crippen molar-refractivity contribution in [3.8, 4) is 11.5 Å². The van der Waals surface area contributed by atoms with Crippen LogP contribution in [-0.2, 0) is 13.0 Å². The molecule has 2 rings (SSSR count). The monoisotopic (exact) mass is 344 g/mol. The summed E-state index contributed by atoms with van der Waals surface area (Å²) in [6.45, 7) is 4.00. The van der Waals surface area contributed by atoms with Crippen LogP contribution in [0.2, 0.25) is 0 Å². The first-order chi connectivity index (χ1) is 12.2. The Morgan fingerprint density at radius 2 is 1.76 bits per heavy atom. The lowest BCUT2D eigenvalue weighted by Gasteiger charge is -2.12. The van der Waals surface area contributed by atoms with Crippen LogP contribution in [0.5, 0.6) is 11.5 Å². The van der Waals surface area contributed by atoms with Crippen molar-refractivity contribution < 1.29 is 19.7 Å². The van der Waals surface area contributed by atoms with Crippen LogP contribution in [0.15, 0.2) is 48.5 Å². The zero-order valence-corrected chi connectivity index (χ0v) is 15.8. The van der Waals surface area contributed by atoms with Crippen LogP contribution in [0.3, 0.4) is 0 Å². The molecule has 4 heteroatoms. The molecule has 0 fully saturated rings. The molecule has 0 radical (unpaired) electrons. The van der Waals surface area contributed by atoms with Crippen molar-refractivity contribution in [2.75, 3.05) is 40.9 Å². The lowest BCUT2D eigenvalue weighted by Crippen LogP contribution is -3.06. The second kappa shape index (κ2) is 10.7. The molecule has 0 spiro atoms. The highest BCUT2D eigenvalue weighted by Crippen LogP contribution is 2.28. The number of hydrogen-bond donors (Lipinski definition) is 2. The fourth-order valence-electron chi connectivity index (χ4n) is 2.75. The minimum atomic E-state index is 0.652. The molecule has 0 saturated heterocycles. The van der Waals surface area contributed by atoms with Crippen molar-refractivity contribution in [3.63, 3.8) is 0 Å². The Balaban J connectivity index is 1.79. The minimum absolute atomic E-state index is 0.652. The highest BCUT2D eigenvalue weighted by atomic mass is 16.5. The minimum Gasteiger partial charge on any atom is -0.493 e. The van der Waals surface area contributed by atoms with Gasteiger partial charge in [0, 0.05) is 18.4 Å². The number of rotatable bonds is 11. The third kappa shape index (κ3) is 7.16. The van der Waals surface area contributed by atoms with E-state index in [1.54, 1.807) is 7.11 Å². The van der Waals surface area contributed by atoms with Gasteiger partial charge < -0.3 is 19.7 Å². The van der Waals surface area contributed by atoms with Crippen LogP contribution in [0.25, 0.3) is 0 Å². The van der Waals surface area contributed by atoms with E-state index in [2.05, 4.69) is 55.8 Å². The Labute approximate surface area is 151 Å². The van der Waals surface area contributed by atoms with Gasteiger partial charge in [-0.3, -0.25) is 0 Å². The first-order valence-corrected chi connectivity index (χ1v) is 9.13. The highest BCUT2D eigenvalue weighted by molar-refractivity contribution is 5.42. The van der Waals surface area contributed by atoms with E-state index < -0.39 is 0 Å². The molecule has 0 aromatic heterocycles. The number of quaternary nitrogens is 2. The predicted octanol–water partition coefficient (Wildman–Crippen LogP) is 0.915. The molecule has 0 aliphatic carbocycles. The molecule has 0 amide bonds. The van der Waals surface area contributed by atoms with Crippen molar-refractivity contribution >= 4 is 0 Å². The number of methoxy groups -OCH3 is 1. The van der Waals surface area contributed by atoms with E-state index in [0.29, 0.717) is 6.61 Å². The fourth-order valence-corrected chi connectivity index (χ4v) is 2.75. The van der Waals surface area contributed by atoms with E-state index >= 15 is 0 Å². The number of benzene rings is 2. The molecule has 0 aliphatic rings. The third-order valence-electron chi connectivity index (χ3n) is 4.18. The SMILES string of the molecule is COc1cc(C[NH2+]CCC[NH+](C)C)ccc1OCCc1ccccc1. The second-order valence-electron chi connectivity index (χ2n) is 6.66. The molecule has 136 valence electrons. The molecule has 2 aromatic rings. The zero-order valence-electron chi connectivity index (χ0n) is 15.8. The maximum atomic E-state index is 5.92. The summed E-state index contributed by atoms with van der Waals surface area (Å²) in [5.74, 6) is 1.63. The molecule has 0 heterocycles. The first kappa shape index (κ1) is 19.3. The third-order valence-corrected chi connectivity index (χ3v) is 4.18. The Kier molecular flexibility index (Phi) is 8.29. The summed E-state index contributed by atoms with van der Waals surface area (Å²) in [6, 6.07) is 16.6. The van der Waals surface area contributed by atoms with Crippen molar-refractivity contribution in [2.45, 2.75) is 19.4 Å². The summed E-state index contributed by atoms with van der Waals surface area (Å²) >= 11 is 0. The Morgan fingerprint density at radius 1 is 0.960 bits per heavy atom. The van der Waals surface area contributed by atoms with Crippen molar-refractivity contribution in [3.05, 3.63) is 59.7 Å². The molecule has 0 atom stereocenters. The van der Waals surface area contributed by atoms with Crippen LogP contribution < -0.4 is 19.7 Å². The number of nitrogens with two attached hydrogens (primary N) is 1. The second-order valence-corrected chi connectivity index (χ2v) is 6.66. The van der Waals surface area contributed by atoms with Gasteiger partial charge in [-0.15, -0.1) is 0 Å². The summed E-state index contributed by atoms with van der Waals surface area (Å²) in [5.41, 5.74) is 2.55. The van der Waals surface area contributed by atoms with Gasteiger partial charge in [-0.1, -0.05) is 30.3 Å². The summed E-state index contributed by atoms with van der Waals surface area (Å²) < 4.78 is 11.4. The van der Waals surface area contributed by atoms with Crippen LogP contribution in [0.1, 0.15) is 17.5 Å². The number of nitrogens with one attached hydrogen (secondary N) is 1. The highest BCUT2D eigenvalue weighted by Gasteiger charge is 2.07. The maximum Gasteiger partial charge on any atom is 0.161 e. The Morgan fingerprint density at radius 3 is 2.48 bits per heavy atom. The summed E-state index contributed by atoms with van der Waals surface area (Å²) in [7, 11) is 6.09. The van der Waals surface area contributed by atoms with Gasteiger partial charge in [0.05, 0.1) is 40.9 Å². The van der Waals surface area contributed by atoms with Crippen molar-refractivity contribution in [1.82, 2.24) is 0 Å². The van der Waals surface area contributed by atoms with Gasteiger partial charge in [-0.2, -0.15) is 0 Å². The first-order valence-electron chi connectivity index (χ1n) is 9.13. The average molecular weight is 344 g/mol. The lowest BCUT2D eigenvalue weighted by atomic mass is 10.1. The molecular weight excluding hydrogens is 312 g/mol. The quantitative estimate of drug-likeness (QED) is 0.595. The average Bonchev–Trinajstić information content (AvgIpc) is 2.63. The van der Waals surface area contributed by atoms with E-state index in [9.17, 15) is 0 Å². The van der Waals surface area contributed by atoms with Crippen LogP contribution in [0, 0.1) is 0 Å². The molecular formula is C21H32N2O2+2. The molecule has 0 unspecified atom stereocenters. The smallest absolute Gasteiger partial charge is 0.161 e. The normalized spacial score (nSPS) is 10.9. The molecule has 25 heavy (non-hydrogen) atoms. The molecule has 3 N–H and O–H groups in total. The molecule has 0 aliphatic heterocycles. The van der Waals surface area contributed by atoms with Gasteiger partial charge in [0.2, 0.25) is 0 Å². The largest absolute Gasteiger partial charge is 0.493 e. The predicted molar refractivity (Wildman–Crippen MR) is 101 cm³/mol. The fraction of sp³-hybridized carbons (Fsp3) is 0.429. The van der Waals surface area contributed by atoms with Gasteiger partial charge >= 0.3 is 0 Å². The van der Waals surface area contributed by atoms with Crippen LogP contribution in [-0.4, -0.2) is 40.9 Å². The number of hydrogen-bond acceptors (Lipinski definition) is 2. The van der Waals surface area contributed by atoms with E-state index in [4.69, 9.17) is 9.47 Å². The molecule has 0 saturated carbocycles. The Hall–Kier alpha value is -2.04. The molecule has 0 bridgehead atoms. The summed E-state index contributed by atoms with van der Waals surface area (Å²) in [4.78, 5) is 1.51. The van der Waals surface area contributed by atoms with Crippen LogP contribution in [0.4, 0.5) is 0 Å². The summed E-state index contributed by atoms with van der Waals surface area (Å²) in [5, 5.41) is 2.35. The van der Waals surface area contributed by atoms with E-state index in [1.807, 2.05) is 12.1 Å². The van der Waals surface area contributed by atoms with E-state index in [0.717, 1.165) is 31.0 Å². The topological polar surface area (TPSA) is 39.5 Å². The van der Waals surface area contributed by atoms with Gasteiger partial charge in [0.1, 0.15) is 6.54 Å². The van der Waals surface area contributed by atoms with Gasteiger partial charge in [-0.25, -0.2) is 0 Å². The lowest BCUT2D eigenvalue weighted by molar-refractivity contribution is -0.860.